The maximum Gasteiger partial charge on any atom is 0.196 e. The van der Waals surface area contributed by atoms with Crippen LogP contribution in [-0.2, 0) is 0 Å². The predicted molar refractivity (Wildman–Crippen MR) is 83.1 cm³/mol. The number of hydrogen-bond acceptors (Lipinski definition) is 4. The highest BCUT2D eigenvalue weighted by molar-refractivity contribution is 5.72. The average Bonchev–Trinajstić information content (AvgIpc) is 2.52. The summed E-state index contributed by atoms with van der Waals surface area (Å²) >= 11 is 0. The van der Waals surface area contributed by atoms with Gasteiger partial charge in [-0.05, 0) is 35.4 Å². The first kappa shape index (κ1) is 15.7. The molecule has 5 heteroatoms. The summed E-state index contributed by atoms with van der Waals surface area (Å²) in [4.78, 5) is 0. The third-order valence-corrected chi connectivity index (χ3v) is 3.13. The fourth-order valence-electron chi connectivity index (χ4n) is 2.04. The van der Waals surface area contributed by atoms with Gasteiger partial charge in [0.15, 0.2) is 28.8 Å². The minimum atomic E-state index is -0.501. The van der Waals surface area contributed by atoms with E-state index in [4.69, 9.17) is 14.2 Å². The molecule has 0 amide bonds. The average molecular weight is 304 g/mol. The van der Waals surface area contributed by atoms with Crippen LogP contribution in [0.1, 0.15) is 11.1 Å². The van der Waals surface area contributed by atoms with Crippen LogP contribution in [-0.4, -0.2) is 26.4 Å². The number of ether oxygens (including phenoxy) is 3. The highest BCUT2D eigenvalue weighted by Crippen LogP contribution is 2.32. The van der Waals surface area contributed by atoms with Crippen LogP contribution in [0.4, 0.5) is 4.39 Å². The van der Waals surface area contributed by atoms with Gasteiger partial charge in [0.25, 0.3) is 0 Å². The van der Waals surface area contributed by atoms with Crippen molar-refractivity contribution in [2.75, 3.05) is 21.3 Å². The van der Waals surface area contributed by atoms with E-state index in [1.807, 2.05) is 0 Å². The topological polar surface area (TPSA) is 47.9 Å². The summed E-state index contributed by atoms with van der Waals surface area (Å²) < 4.78 is 28.9. The summed E-state index contributed by atoms with van der Waals surface area (Å²) in [5, 5.41) is 9.73. The van der Waals surface area contributed by atoms with E-state index in [2.05, 4.69) is 0 Å². The summed E-state index contributed by atoms with van der Waals surface area (Å²) in [5.74, 6) is 0.331. The molecule has 2 rings (SSSR count). The molecule has 4 nitrogen and oxygen atoms in total. The maximum absolute atomic E-state index is 13.9. The van der Waals surface area contributed by atoms with E-state index < -0.39 is 5.82 Å². The lowest BCUT2D eigenvalue weighted by Gasteiger charge is -2.09. The Morgan fingerprint density at radius 3 is 2.14 bits per heavy atom. The summed E-state index contributed by atoms with van der Waals surface area (Å²) in [7, 11) is 4.32. The molecule has 0 unspecified atom stereocenters. The number of phenols is 1. The van der Waals surface area contributed by atoms with E-state index in [-0.39, 0.29) is 11.5 Å². The Morgan fingerprint density at radius 2 is 1.55 bits per heavy atom. The number of phenolic OH excluding ortho intramolecular Hbond substituents is 1. The van der Waals surface area contributed by atoms with Gasteiger partial charge in [-0.15, -0.1) is 0 Å². The van der Waals surface area contributed by atoms with Crippen LogP contribution < -0.4 is 14.2 Å². The van der Waals surface area contributed by atoms with E-state index in [0.29, 0.717) is 17.1 Å². The molecule has 0 aliphatic heterocycles. The van der Waals surface area contributed by atoms with Gasteiger partial charge in [0.05, 0.1) is 21.3 Å². The van der Waals surface area contributed by atoms with Crippen LogP contribution in [0.15, 0.2) is 30.3 Å². The van der Waals surface area contributed by atoms with Crippen LogP contribution in [0.3, 0.4) is 0 Å². The lowest BCUT2D eigenvalue weighted by Crippen LogP contribution is -1.94. The molecule has 0 heterocycles. The minimum Gasteiger partial charge on any atom is -0.504 e. The van der Waals surface area contributed by atoms with Gasteiger partial charge in [-0.2, -0.15) is 0 Å². The first-order valence-electron chi connectivity index (χ1n) is 6.55. The second-order valence-electron chi connectivity index (χ2n) is 4.50. The van der Waals surface area contributed by atoms with Crippen LogP contribution in [0, 0.1) is 5.82 Å². The third kappa shape index (κ3) is 3.31. The molecule has 1 N–H and O–H groups in total. The fourth-order valence-corrected chi connectivity index (χ4v) is 2.04. The molecule has 2 aromatic rings. The second-order valence-corrected chi connectivity index (χ2v) is 4.50. The molecule has 22 heavy (non-hydrogen) atoms. The standard InChI is InChI=1S/C17H17FO4/c1-20-15-7-6-11(9-14(15)19)4-5-12-8-13(18)17(22-3)16(10-12)21-2/h4-10,19H,1-3H3/b5-4+. The highest BCUT2D eigenvalue weighted by atomic mass is 19.1. The first-order valence-corrected chi connectivity index (χ1v) is 6.55. The molecule has 0 fully saturated rings. The highest BCUT2D eigenvalue weighted by Gasteiger charge is 2.11. The van der Waals surface area contributed by atoms with Gasteiger partial charge in [-0.3, -0.25) is 0 Å². The zero-order valence-corrected chi connectivity index (χ0v) is 12.6. The Bertz CT molecular complexity index is 695. The van der Waals surface area contributed by atoms with E-state index in [0.717, 1.165) is 5.56 Å². The van der Waals surface area contributed by atoms with Crippen molar-refractivity contribution in [3.8, 4) is 23.0 Å². The summed E-state index contributed by atoms with van der Waals surface area (Å²) in [6.45, 7) is 0. The maximum atomic E-state index is 13.9. The Balaban J connectivity index is 2.30. The zero-order chi connectivity index (χ0) is 16.1. The second kappa shape index (κ2) is 6.85. The van der Waals surface area contributed by atoms with E-state index >= 15 is 0 Å². The first-order chi connectivity index (χ1) is 10.6. The van der Waals surface area contributed by atoms with Crippen LogP contribution >= 0.6 is 0 Å². The van der Waals surface area contributed by atoms with Crippen LogP contribution in [0.2, 0.25) is 0 Å². The zero-order valence-electron chi connectivity index (χ0n) is 12.6. The molecule has 2 aromatic carbocycles. The van der Waals surface area contributed by atoms with Gasteiger partial charge in [-0.25, -0.2) is 4.39 Å². The molecule has 0 spiro atoms. The van der Waals surface area contributed by atoms with Crippen molar-refractivity contribution in [2.24, 2.45) is 0 Å². The molecule has 0 aromatic heterocycles. The SMILES string of the molecule is COc1ccc(/C=C/c2cc(F)c(OC)c(OC)c2)cc1O. The monoisotopic (exact) mass is 304 g/mol. The van der Waals surface area contributed by atoms with Crippen LogP contribution in [0.5, 0.6) is 23.0 Å². The normalized spacial score (nSPS) is 10.7. The Labute approximate surface area is 128 Å². The van der Waals surface area contributed by atoms with Gasteiger partial charge in [-0.1, -0.05) is 18.2 Å². The Morgan fingerprint density at radius 1 is 0.864 bits per heavy atom. The number of methoxy groups -OCH3 is 3. The van der Waals surface area contributed by atoms with Crippen molar-refractivity contribution < 1.29 is 23.7 Å². The largest absolute Gasteiger partial charge is 0.504 e. The van der Waals surface area contributed by atoms with Crippen LogP contribution in [0.25, 0.3) is 12.2 Å². The Hall–Kier alpha value is -2.69. The van der Waals surface area contributed by atoms with Gasteiger partial charge >= 0.3 is 0 Å². The predicted octanol–water partition coefficient (Wildman–Crippen LogP) is 3.73. The van der Waals surface area contributed by atoms with E-state index in [1.54, 1.807) is 36.4 Å². The number of hydrogen-bond donors (Lipinski definition) is 1. The third-order valence-electron chi connectivity index (χ3n) is 3.13. The van der Waals surface area contributed by atoms with E-state index in [1.165, 1.54) is 27.4 Å². The summed E-state index contributed by atoms with van der Waals surface area (Å²) in [6.07, 6.45) is 3.46. The van der Waals surface area contributed by atoms with Crippen molar-refractivity contribution in [3.05, 3.63) is 47.3 Å². The Kier molecular flexibility index (Phi) is 4.88. The molecule has 116 valence electrons. The van der Waals surface area contributed by atoms with Gasteiger partial charge in [0.2, 0.25) is 0 Å². The number of halogens is 1. The van der Waals surface area contributed by atoms with Gasteiger partial charge in [0.1, 0.15) is 0 Å². The number of benzene rings is 2. The van der Waals surface area contributed by atoms with Gasteiger partial charge < -0.3 is 19.3 Å². The molecule has 0 aliphatic rings. The summed E-state index contributed by atoms with van der Waals surface area (Å²) in [6, 6.07) is 8.02. The molecule has 0 atom stereocenters. The molecule has 0 saturated heterocycles. The molecular weight excluding hydrogens is 287 g/mol. The van der Waals surface area contributed by atoms with Crippen molar-refractivity contribution in [2.45, 2.75) is 0 Å². The number of aromatic hydroxyl groups is 1. The summed E-state index contributed by atoms with van der Waals surface area (Å²) in [5.41, 5.74) is 1.37. The number of rotatable bonds is 5. The quantitative estimate of drug-likeness (QED) is 0.855. The fraction of sp³-hybridized carbons (Fsp3) is 0.176. The molecule has 0 bridgehead atoms. The lowest BCUT2D eigenvalue weighted by molar-refractivity contribution is 0.337. The molecule has 0 saturated carbocycles. The van der Waals surface area contributed by atoms with Gasteiger partial charge in [0, 0.05) is 0 Å². The van der Waals surface area contributed by atoms with E-state index in [9.17, 15) is 9.50 Å². The minimum absolute atomic E-state index is 0.0446. The molecular formula is C17H17FO4. The smallest absolute Gasteiger partial charge is 0.196 e. The molecule has 0 radical (unpaired) electrons. The van der Waals surface area contributed by atoms with Crippen molar-refractivity contribution in [3.63, 3.8) is 0 Å². The lowest BCUT2D eigenvalue weighted by atomic mass is 10.1. The van der Waals surface area contributed by atoms with Crippen molar-refractivity contribution in [1.82, 2.24) is 0 Å². The van der Waals surface area contributed by atoms with Crippen molar-refractivity contribution >= 4 is 12.2 Å². The molecule has 0 aliphatic carbocycles. The van der Waals surface area contributed by atoms with Crippen molar-refractivity contribution in [1.29, 1.82) is 0 Å².